The molecule has 70 heavy (non-hydrogen) atoms. The van der Waals surface area contributed by atoms with Crippen molar-refractivity contribution in [3.8, 4) is 11.1 Å². The molecule has 3 heterocycles. The first-order valence-electron chi connectivity index (χ1n) is 26.1. The molecule has 350 valence electrons. The molecule has 0 radical (unpaired) electrons. The van der Waals surface area contributed by atoms with Gasteiger partial charge < -0.3 is 14.7 Å². The molecule has 1 fully saturated rings. The van der Waals surface area contributed by atoms with Crippen molar-refractivity contribution in [2.24, 2.45) is 22.2 Å². The second kappa shape index (κ2) is 16.9. The van der Waals surface area contributed by atoms with Gasteiger partial charge in [-0.3, -0.25) is 0 Å². The lowest BCUT2D eigenvalue weighted by Gasteiger charge is -2.60. The molecule has 2 aliphatic heterocycles. The van der Waals surface area contributed by atoms with Gasteiger partial charge >= 0.3 is 0 Å². The Morgan fingerprint density at radius 1 is 0.671 bits per heavy atom. The van der Waals surface area contributed by atoms with Crippen LogP contribution in [0.25, 0.3) is 21.2 Å². The van der Waals surface area contributed by atoms with E-state index in [2.05, 4.69) is 251 Å². The number of nitrogens with zero attached hydrogens (tertiary/aromatic N) is 3. The van der Waals surface area contributed by atoms with Crippen LogP contribution in [0.3, 0.4) is 0 Å². The van der Waals surface area contributed by atoms with Crippen molar-refractivity contribution in [1.82, 2.24) is 0 Å². The predicted molar refractivity (Wildman–Crippen MR) is 304 cm³/mol. The lowest BCUT2D eigenvalue weighted by Crippen LogP contribution is -2.63. The zero-order valence-corrected chi connectivity index (χ0v) is 43.2. The van der Waals surface area contributed by atoms with Crippen molar-refractivity contribution in [2.75, 3.05) is 14.7 Å². The molecule has 0 N–H and O–H groups in total. The van der Waals surface area contributed by atoms with Gasteiger partial charge in [0, 0.05) is 54.6 Å². The number of fused-ring (bicyclic) bond motifs is 7. The third-order valence-electron chi connectivity index (χ3n) is 17.4. The van der Waals surface area contributed by atoms with Crippen LogP contribution >= 0.6 is 11.3 Å². The molecular formula is C65H66BN3S. The van der Waals surface area contributed by atoms with Gasteiger partial charge in [-0.2, -0.15) is 0 Å². The molecule has 8 aromatic rings. The van der Waals surface area contributed by atoms with Crippen molar-refractivity contribution >= 4 is 89.3 Å². The number of rotatable bonds is 9. The molecular weight excluding hydrogens is 866 g/mol. The van der Waals surface area contributed by atoms with Gasteiger partial charge in [-0.1, -0.05) is 170 Å². The SMILES string of the molecule is CCCCc1ccc2c3c(sc2c1)B1c2ccc(N(c4ccccc4)c4ccccc4)cc2N(c2ccccc2-c2ccccc2)c2cc(C)cc(c21)N3C1C=C2C(C)(C)CCC(C)(C)C2(C)CC1C. The normalized spacial score (nSPS) is 20.6. The Bertz CT molecular complexity index is 3280. The van der Waals surface area contributed by atoms with E-state index < -0.39 is 0 Å². The van der Waals surface area contributed by atoms with E-state index in [0.29, 0.717) is 5.92 Å². The fraction of sp³-hybridized carbons (Fsp3) is 0.292. The van der Waals surface area contributed by atoms with Gasteiger partial charge in [-0.25, -0.2) is 0 Å². The standard InChI is InChI=1S/C65H66BN3S/c1-9-10-22-45-31-33-51-58(39-45)70-62-61(51)69(54-41-59-63(4,5)35-36-64(6,7)65(59,8)42-44(54)3)57-38-43(2)37-56-60(57)66(62)52-34-32-49(67(47-25-16-12-17-26-47)48-27-18-13-19-28-48)40-55(52)68(56)53-30-21-20-29-50(53)46-23-14-11-15-24-46/h11-21,23-34,37-41,44,54H,9-10,22,35-36,42H2,1-8H3. The quantitative estimate of drug-likeness (QED) is 0.105. The summed E-state index contributed by atoms with van der Waals surface area (Å²) in [5.41, 5.74) is 19.9. The maximum Gasteiger partial charge on any atom is 0.264 e. The molecule has 0 bridgehead atoms. The highest BCUT2D eigenvalue weighted by atomic mass is 32.1. The average molecular weight is 932 g/mol. The summed E-state index contributed by atoms with van der Waals surface area (Å²) in [5, 5.41) is 1.39. The second-order valence-corrected chi connectivity index (χ2v) is 23.7. The molecule has 0 saturated heterocycles. The highest BCUT2D eigenvalue weighted by Crippen LogP contribution is 2.65. The van der Waals surface area contributed by atoms with E-state index in [1.54, 1.807) is 5.57 Å². The highest BCUT2D eigenvalue weighted by Gasteiger charge is 2.56. The minimum absolute atomic E-state index is 0.0429. The molecule has 12 rings (SSSR count). The summed E-state index contributed by atoms with van der Waals surface area (Å²) in [6.45, 7) is 20.0. The van der Waals surface area contributed by atoms with Crippen LogP contribution in [0.2, 0.25) is 0 Å². The fourth-order valence-electron chi connectivity index (χ4n) is 13.4. The average Bonchev–Trinajstić information content (AvgIpc) is 3.74. The minimum Gasteiger partial charge on any atom is -0.334 e. The maximum atomic E-state index is 2.88. The molecule has 7 aromatic carbocycles. The van der Waals surface area contributed by atoms with Crippen LogP contribution in [0.1, 0.15) is 91.7 Å². The number of aryl methyl sites for hydroxylation is 2. The summed E-state index contributed by atoms with van der Waals surface area (Å²) in [7, 11) is 0. The van der Waals surface area contributed by atoms with E-state index in [0.717, 1.165) is 23.5 Å². The van der Waals surface area contributed by atoms with E-state index in [4.69, 9.17) is 0 Å². The number of para-hydroxylation sites is 3. The molecule has 1 saturated carbocycles. The van der Waals surface area contributed by atoms with E-state index in [-0.39, 0.29) is 29.0 Å². The Morgan fingerprint density at radius 3 is 2.06 bits per heavy atom. The van der Waals surface area contributed by atoms with Crippen LogP contribution < -0.4 is 30.4 Å². The number of benzene rings is 7. The molecule has 2 aliphatic carbocycles. The first kappa shape index (κ1) is 44.9. The van der Waals surface area contributed by atoms with Gasteiger partial charge in [-0.15, -0.1) is 11.3 Å². The van der Waals surface area contributed by atoms with Gasteiger partial charge in [0.05, 0.1) is 17.4 Å². The summed E-state index contributed by atoms with van der Waals surface area (Å²) >= 11 is 2.05. The summed E-state index contributed by atoms with van der Waals surface area (Å²) in [6, 6.07) is 61.9. The molecule has 5 heteroatoms. The van der Waals surface area contributed by atoms with Gasteiger partial charge in [0.1, 0.15) is 0 Å². The van der Waals surface area contributed by atoms with Gasteiger partial charge in [-0.05, 0) is 149 Å². The smallest absolute Gasteiger partial charge is 0.264 e. The maximum absolute atomic E-state index is 2.88. The fourth-order valence-corrected chi connectivity index (χ4v) is 14.8. The molecule has 0 amide bonds. The van der Waals surface area contributed by atoms with Crippen LogP contribution in [-0.2, 0) is 6.42 Å². The second-order valence-electron chi connectivity index (χ2n) is 22.6. The van der Waals surface area contributed by atoms with Crippen molar-refractivity contribution < 1.29 is 0 Å². The van der Waals surface area contributed by atoms with E-state index in [1.807, 2.05) is 0 Å². The molecule has 0 spiro atoms. The summed E-state index contributed by atoms with van der Waals surface area (Å²) in [6.07, 6.45) is 9.98. The van der Waals surface area contributed by atoms with Gasteiger partial charge in [0.15, 0.2) is 0 Å². The number of allylic oxidation sites excluding steroid dienone is 1. The van der Waals surface area contributed by atoms with Crippen LogP contribution in [-0.4, -0.2) is 12.8 Å². The predicted octanol–water partition coefficient (Wildman–Crippen LogP) is 16.6. The first-order valence-corrected chi connectivity index (χ1v) is 26.9. The van der Waals surface area contributed by atoms with Crippen molar-refractivity contribution in [3.63, 3.8) is 0 Å². The zero-order chi connectivity index (χ0) is 48.1. The Balaban J connectivity index is 1.16. The van der Waals surface area contributed by atoms with Crippen LogP contribution in [0, 0.1) is 29.1 Å². The number of hydrogen-bond donors (Lipinski definition) is 0. The Kier molecular flexibility index (Phi) is 10.9. The lowest BCUT2D eigenvalue weighted by atomic mass is 9.36. The minimum atomic E-state index is 0.0429. The van der Waals surface area contributed by atoms with Gasteiger partial charge in [0.25, 0.3) is 6.71 Å². The van der Waals surface area contributed by atoms with Crippen LogP contribution in [0.5, 0.6) is 0 Å². The monoisotopic (exact) mass is 932 g/mol. The topological polar surface area (TPSA) is 9.72 Å². The summed E-state index contributed by atoms with van der Waals surface area (Å²) < 4.78 is 2.87. The van der Waals surface area contributed by atoms with Crippen molar-refractivity contribution in [2.45, 2.75) is 100.0 Å². The van der Waals surface area contributed by atoms with Crippen molar-refractivity contribution in [1.29, 1.82) is 0 Å². The molecule has 3 atom stereocenters. The summed E-state index contributed by atoms with van der Waals surface area (Å²) in [5.74, 6) is 0.427. The Labute approximate surface area is 421 Å². The zero-order valence-electron chi connectivity index (χ0n) is 42.4. The third-order valence-corrected chi connectivity index (χ3v) is 18.6. The first-order chi connectivity index (χ1) is 33.9. The number of hydrogen-bond acceptors (Lipinski definition) is 4. The number of thiophene rings is 1. The van der Waals surface area contributed by atoms with Gasteiger partial charge in [0.2, 0.25) is 0 Å². The highest BCUT2D eigenvalue weighted by molar-refractivity contribution is 7.33. The molecule has 3 nitrogen and oxygen atoms in total. The molecule has 3 unspecified atom stereocenters. The summed E-state index contributed by atoms with van der Waals surface area (Å²) in [4.78, 5) is 7.94. The number of anilines is 8. The van der Waals surface area contributed by atoms with Crippen LogP contribution in [0.4, 0.5) is 45.5 Å². The van der Waals surface area contributed by atoms with Crippen molar-refractivity contribution in [3.05, 3.63) is 187 Å². The Hall–Kier alpha value is -6.30. The largest absolute Gasteiger partial charge is 0.334 e. The Morgan fingerprint density at radius 2 is 1.34 bits per heavy atom. The molecule has 4 aliphatic rings. The van der Waals surface area contributed by atoms with E-state index in [9.17, 15) is 0 Å². The number of unbranched alkanes of at least 4 members (excludes halogenated alkanes) is 1. The van der Waals surface area contributed by atoms with E-state index in [1.165, 1.54) is 109 Å². The third kappa shape index (κ3) is 7.04. The lowest BCUT2D eigenvalue weighted by molar-refractivity contribution is 0.0107. The van der Waals surface area contributed by atoms with Crippen LogP contribution in [0.15, 0.2) is 175 Å². The van der Waals surface area contributed by atoms with E-state index >= 15 is 0 Å². The molecule has 1 aromatic heterocycles.